The van der Waals surface area contributed by atoms with Crippen LogP contribution in [-0.2, 0) is 0 Å². The first-order chi connectivity index (χ1) is 10.6. The summed E-state index contributed by atoms with van der Waals surface area (Å²) in [6, 6.07) is 4.83. The number of hydrogen-bond donors (Lipinski definition) is 2. The average molecular weight is 306 g/mol. The van der Waals surface area contributed by atoms with E-state index in [0.29, 0.717) is 17.6 Å². The first kappa shape index (κ1) is 15.9. The van der Waals surface area contributed by atoms with E-state index >= 15 is 0 Å². The Morgan fingerprint density at radius 3 is 2.82 bits per heavy atom. The minimum absolute atomic E-state index is 0.0559. The lowest BCUT2D eigenvalue weighted by molar-refractivity contribution is 0.201. The third-order valence-corrected chi connectivity index (χ3v) is 3.08. The van der Waals surface area contributed by atoms with Crippen molar-refractivity contribution in [1.82, 2.24) is 0 Å². The molecule has 1 aromatic heterocycles. The van der Waals surface area contributed by atoms with E-state index in [1.54, 1.807) is 31.2 Å². The summed E-state index contributed by atoms with van der Waals surface area (Å²) in [5.41, 5.74) is -0.679. The number of aromatic hydroxyl groups is 1. The molecule has 0 atom stereocenters. The van der Waals surface area contributed by atoms with E-state index in [2.05, 4.69) is 0 Å². The van der Waals surface area contributed by atoms with Crippen LogP contribution in [0.1, 0.15) is 20.3 Å². The van der Waals surface area contributed by atoms with Gasteiger partial charge in [-0.1, -0.05) is 13.0 Å². The highest BCUT2D eigenvalue weighted by molar-refractivity contribution is 5.89. The molecule has 0 aliphatic rings. The SMILES string of the molecule is CC=C(CC)Oc1c(O)c2cccc(OCCO)c2oc1=O. The molecule has 1 aromatic carbocycles. The zero-order chi connectivity index (χ0) is 16.1. The number of aliphatic hydroxyl groups is 1. The topological polar surface area (TPSA) is 89.1 Å². The molecule has 2 aromatic rings. The van der Waals surface area contributed by atoms with Crippen molar-refractivity contribution in [2.24, 2.45) is 0 Å². The van der Waals surface area contributed by atoms with Crippen molar-refractivity contribution in [2.75, 3.05) is 13.2 Å². The lowest BCUT2D eigenvalue weighted by atomic mass is 10.2. The molecule has 2 N–H and O–H groups in total. The summed E-state index contributed by atoms with van der Waals surface area (Å²) in [6.45, 7) is 3.53. The molecule has 0 amide bonds. The molecule has 2 rings (SSSR count). The van der Waals surface area contributed by atoms with Gasteiger partial charge in [0.2, 0.25) is 0 Å². The number of fused-ring (bicyclic) bond motifs is 1. The van der Waals surface area contributed by atoms with Gasteiger partial charge in [-0.05, 0) is 25.1 Å². The third-order valence-electron chi connectivity index (χ3n) is 3.08. The van der Waals surface area contributed by atoms with Crippen molar-refractivity contribution < 1.29 is 24.1 Å². The van der Waals surface area contributed by atoms with Crippen LogP contribution >= 0.6 is 0 Å². The Labute approximate surface area is 127 Å². The Morgan fingerprint density at radius 1 is 1.41 bits per heavy atom. The van der Waals surface area contributed by atoms with E-state index in [4.69, 9.17) is 19.0 Å². The monoisotopic (exact) mass is 306 g/mol. The van der Waals surface area contributed by atoms with E-state index in [1.165, 1.54) is 0 Å². The van der Waals surface area contributed by atoms with Gasteiger partial charge in [0.15, 0.2) is 17.1 Å². The van der Waals surface area contributed by atoms with Crippen LogP contribution in [0.25, 0.3) is 11.0 Å². The van der Waals surface area contributed by atoms with Crippen molar-refractivity contribution in [3.05, 3.63) is 40.5 Å². The van der Waals surface area contributed by atoms with Crippen LogP contribution in [0.5, 0.6) is 17.2 Å². The summed E-state index contributed by atoms with van der Waals surface area (Å²) < 4.78 is 15.9. The molecule has 0 saturated heterocycles. The molecule has 1 heterocycles. The van der Waals surface area contributed by atoms with E-state index in [-0.39, 0.29) is 36.0 Å². The molecule has 0 fully saturated rings. The number of ether oxygens (including phenoxy) is 2. The molecule has 0 spiro atoms. The first-order valence-electron chi connectivity index (χ1n) is 6.97. The van der Waals surface area contributed by atoms with Crippen molar-refractivity contribution in [3.63, 3.8) is 0 Å². The number of rotatable bonds is 6. The van der Waals surface area contributed by atoms with Gasteiger partial charge >= 0.3 is 5.63 Å². The van der Waals surface area contributed by atoms with Crippen molar-refractivity contribution in [1.29, 1.82) is 0 Å². The zero-order valence-corrected chi connectivity index (χ0v) is 12.5. The Balaban J connectivity index is 2.57. The fraction of sp³-hybridized carbons (Fsp3) is 0.312. The Bertz CT molecular complexity index is 744. The van der Waals surface area contributed by atoms with E-state index in [1.807, 2.05) is 6.92 Å². The third kappa shape index (κ3) is 3.07. The maximum absolute atomic E-state index is 12.1. The van der Waals surface area contributed by atoms with E-state index in [0.717, 1.165) is 0 Å². The molecule has 118 valence electrons. The summed E-state index contributed by atoms with van der Waals surface area (Å²) in [7, 11) is 0. The molecule has 0 saturated carbocycles. The van der Waals surface area contributed by atoms with Gasteiger partial charge in [0.05, 0.1) is 12.0 Å². The number of allylic oxidation sites excluding steroid dienone is 2. The van der Waals surface area contributed by atoms with Crippen LogP contribution in [0.3, 0.4) is 0 Å². The van der Waals surface area contributed by atoms with Crippen LogP contribution in [0.2, 0.25) is 0 Å². The smallest absolute Gasteiger partial charge is 0.383 e. The number of aliphatic hydroxyl groups excluding tert-OH is 1. The Hall–Kier alpha value is -2.47. The molecule has 0 aliphatic heterocycles. The van der Waals surface area contributed by atoms with Gasteiger partial charge in [-0.3, -0.25) is 0 Å². The quantitative estimate of drug-likeness (QED) is 0.630. The minimum Gasteiger partial charge on any atom is -0.504 e. The van der Waals surface area contributed by atoms with Crippen molar-refractivity contribution >= 4 is 11.0 Å². The summed E-state index contributed by atoms with van der Waals surface area (Å²) in [5.74, 6) is 0.275. The summed E-state index contributed by atoms with van der Waals surface area (Å²) in [6.07, 6.45) is 2.29. The molecular formula is C16H18O6. The van der Waals surface area contributed by atoms with E-state index < -0.39 is 5.63 Å². The van der Waals surface area contributed by atoms with Crippen molar-refractivity contribution in [3.8, 4) is 17.2 Å². The van der Waals surface area contributed by atoms with Gasteiger partial charge in [0.1, 0.15) is 12.4 Å². The maximum atomic E-state index is 12.1. The predicted molar refractivity (Wildman–Crippen MR) is 81.4 cm³/mol. The summed E-state index contributed by atoms with van der Waals surface area (Å²) in [4.78, 5) is 12.1. The van der Waals surface area contributed by atoms with Gasteiger partial charge in [-0.25, -0.2) is 4.79 Å². The molecule has 6 nitrogen and oxygen atoms in total. The molecule has 0 bridgehead atoms. The molecule has 0 aliphatic carbocycles. The van der Waals surface area contributed by atoms with Gasteiger partial charge in [-0.2, -0.15) is 0 Å². The lowest BCUT2D eigenvalue weighted by Crippen LogP contribution is -2.08. The summed E-state index contributed by atoms with van der Waals surface area (Å²) in [5, 5.41) is 19.4. The second kappa shape index (κ2) is 7.00. The van der Waals surface area contributed by atoms with Gasteiger partial charge < -0.3 is 24.1 Å². The number of benzene rings is 1. The van der Waals surface area contributed by atoms with Crippen LogP contribution < -0.4 is 15.1 Å². The average Bonchev–Trinajstić information content (AvgIpc) is 2.53. The number of hydrogen-bond acceptors (Lipinski definition) is 6. The highest BCUT2D eigenvalue weighted by Crippen LogP contribution is 2.36. The number of para-hydroxylation sites is 1. The standard InChI is InChI=1S/C16H18O6/c1-3-10(4-2)21-15-13(18)11-6-5-7-12(20-9-8-17)14(11)22-16(15)19/h3,5-7,17-18H,4,8-9H2,1-2H3. The lowest BCUT2D eigenvalue weighted by Gasteiger charge is -2.11. The molecule has 0 radical (unpaired) electrons. The van der Waals surface area contributed by atoms with E-state index in [9.17, 15) is 9.90 Å². The molecular weight excluding hydrogens is 288 g/mol. The predicted octanol–water partition coefficient (Wildman–Crippen LogP) is 2.56. The Morgan fingerprint density at radius 2 is 2.18 bits per heavy atom. The normalized spacial score (nSPS) is 11.7. The zero-order valence-electron chi connectivity index (χ0n) is 12.5. The van der Waals surface area contributed by atoms with Crippen molar-refractivity contribution in [2.45, 2.75) is 20.3 Å². The van der Waals surface area contributed by atoms with Gasteiger partial charge in [0, 0.05) is 6.42 Å². The second-order valence-corrected chi connectivity index (χ2v) is 4.48. The summed E-state index contributed by atoms with van der Waals surface area (Å²) >= 11 is 0. The largest absolute Gasteiger partial charge is 0.504 e. The molecule has 0 unspecified atom stereocenters. The highest BCUT2D eigenvalue weighted by Gasteiger charge is 2.19. The molecule has 22 heavy (non-hydrogen) atoms. The van der Waals surface area contributed by atoms with Crippen LogP contribution in [0.4, 0.5) is 0 Å². The first-order valence-corrected chi connectivity index (χ1v) is 6.97. The second-order valence-electron chi connectivity index (χ2n) is 4.48. The van der Waals surface area contributed by atoms with Crippen LogP contribution in [0.15, 0.2) is 39.2 Å². The maximum Gasteiger partial charge on any atom is 0.383 e. The minimum atomic E-state index is -0.794. The fourth-order valence-corrected chi connectivity index (χ4v) is 1.99. The Kier molecular flexibility index (Phi) is 5.06. The fourth-order valence-electron chi connectivity index (χ4n) is 1.99. The van der Waals surface area contributed by atoms with Gasteiger partial charge in [0.25, 0.3) is 5.75 Å². The highest BCUT2D eigenvalue weighted by atomic mass is 16.5. The van der Waals surface area contributed by atoms with Crippen LogP contribution in [0, 0.1) is 0 Å². The van der Waals surface area contributed by atoms with Crippen LogP contribution in [-0.4, -0.2) is 23.4 Å². The van der Waals surface area contributed by atoms with Gasteiger partial charge in [-0.15, -0.1) is 0 Å². The molecule has 6 heteroatoms.